The SMILES string of the molecule is CCC[C@@H](CCO[Si](c1ccccc1)(c1ccccc1)C(C)(C)C)Nc1n[c]nc2c(Br)nn(Cc3cc(C#N)ccc3OC)c12. The van der Waals surface area contributed by atoms with E-state index < -0.39 is 8.32 Å². The molecule has 46 heavy (non-hydrogen) atoms. The van der Waals surface area contributed by atoms with Gasteiger partial charge >= 0.3 is 0 Å². The Kier molecular flexibility index (Phi) is 10.6. The molecule has 0 amide bonds. The number of anilines is 1. The molecule has 0 aliphatic rings. The number of halogens is 1. The highest BCUT2D eigenvalue weighted by atomic mass is 79.9. The molecule has 0 saturated carbocycles. The Hall–Kier alpha value is -4.04. The van der Waals surface area contributed by atoms with Crippen LogP contribution in [0.5, 0.6) is 5.75 Å². The van der Waals surface area contributed by atoms with Crippen molar-refractivity contribution in [3.63, 3.8) is 0 Å². The van der Waals surface area contributed by atoms with Crippen LogP contribution in [0, 0.1) is 17.7 Å². The van der Waals surface area contributed by atoms with Crippen molar-refractivity contribution in [1.82, 2.24) is 19.7 Å². The number of nitriles is 1. The number of nitrogens with zero attached hydrogens (tertiary/aromatic N) is 5. The molecule has 2 aromatic heterocycles. The third kappa shape index (κ3) is 6.87. The van der Waals surface area contributed by atoms with Crippen molar-refractivity contribution >= 4 is 51.5 Å². The number of benzene rings is 3. The lowest BCUT2D eigenvalue weighted by molar-refractivity contribution is 0.281. The summed E-state index contributed by atoms with van der Waals surface area (Å²) >= 11 is 3.58. The topological polar surface area (TPSA) is 97.9 Å². The van der Waals surface area contributed by atoms with Gasteiger partial charge in [0.05, 0.1) is 25.3 Å². The Morgan fingerprint density at radius 3 is 2.26 bits per heavy atom. The van der Waals surface area contributed by atoms with Crippen molar-refractivity contribution in [2.45, 2.75) is 64.6 Å². The number of nitrogens with one attached hydrogen (secondary N) is 1. The minimum Gasteiger partial charge on any atom is -0.496 e. The highest BCUT2D eigenvalue weighted by Crippen LogP contribution is 2.37. The largest absolute Gasteiger partial charge is 0.496 e. The van der Waals surface area contributed by atoms with E-state index in [1.54, 1.807) is 19.2 Å². The van der Waals surface area contributed by atoms with Gasteiger partial charge in [0, 0.05) is 18.2 Å². The van der Waals surface area contributed by atoms with Crippen molar-refractivity contribution in [1.29, 1.82) is 5.26 Å². The fourth-order valence-electron chi connectivity index (χ4n) is 6.23. The van der Waals surface area contributed by atoms with Gasteiger partial charge in [0.2, 0.25) is 6.33 Å². The summed E-state index contributed by atoms with van der Waals surface area (Å²) in [6.07, 6.45) is 5.53. The van der Waals surface area contributed by atoms with Gasteiger partial charge in [-0.2, -0.15) is 10.4 Å². The Labute approximate surface area is 281 Å². The summed E-state index contributed by atoms with van der Waals surface area (Å²) in [6.45, 7) is 10.1. The Morgan fingerprint density at radius 2 is 1.67 bits per heavy atom. The molecule has 0 spiro atoms. The Balaban J connectivity index is 1.45. The number of ether oxygens (including phenoxy) is 1. The molecule has 10 heteroatoms. The number of aromatic nitrogens is 4. The third-order valence-corrected chi connectivity index (χ3v) is 13.9. The number of hydrogen-bond donors (Lipinski definition) is 1. The molecule has 0 bridgehead atoms. The molecule has 5 rings (SSSR count). The van der Waals surface area contributed by atoms with Gasteiger partial charge < -0.3 is 14.5 Å². The zero-order chi connectivity index (χ0) is 32.7. The predicted octanol–water partition coefficient (Wildman–Crippen LogP) is 6.86. The van der Waals surface area contributed by atoms with E-state index in [2.05, 4.69) is 132 Å². The van der Waals surface area contributed by atoms with Gasteiger partial charge in [-0.15, -0.1) is 0 Å². The maximum Gasteiger partial charge on any atom is 0.261 e. The fraction of sp³-hybridized carbons (Fsp3) is 0.333. The van der Waals surface area contributed by atoms with E-state index in [9.17, 15) is 5.26 Å². The molecule has 0 aliphatic heterocycles. The Bertz CT molecular complexity index is 1760. The van der Waals surface area contributed by atoms with Gasteiger partial charge in [0.15, 0.2) is 10.4 Å². The normalized spacial score (nSPS) is 12.5. The molecule has 0 saturated heterocycles. The van der Waals surface area contributed by atoms with E-state index in [-0.39, 0.29) is 11.1 Å². The average molecular weight is 697 g/mol. The van der Waals surface area contributed by atoms with Crippen LogP contribution in [-0.2, 0) is 11.0 Å². The number of rotatable bonds is 13. The second kappa shape index (κ2) is 14.6. The van der Waals surface area contributed by atoms with Gasteiger partial charge in [0.25, 0.3) is 8.32 Å². The highest BCUT2D eigenvalue weighted by molar-refractivity contribution is 9.10. The average Bonchev–Trinajstić information content (AvgIpc) is 3.38. The third-order valence-electron chi connectivity index (χ3n) is 8.34. The zero-order valence-electron chi connectivity index (χ0n) is 27.0. The van der Waals surface area contributed by atoms with Crippen molar-refractivity contribution in [2.24, 2.45) is 0 Å². The summed E-state index contributed by atoms with van der Waals surface area (Å²) < 4.78 is 15.3. The van der Waals surface area contributed by atoms with Crippen molar-refractivity contribution in [3.8, 4) is 11.8 Å². The van der Waals surface area contributed by atoms with E-state index in [4.69, 9.17) is 14.3 Å². The van der Waals surface area contributed by atoms with Crippen LogP contribution in [0.15, 0.2) is 83.5 Å². The maximum atomic E-state index is 9.49. The number of fused-ring (bicyclic) bond motifs is 1. The van der Waals surface area contributed by atoms with Crippen LogP contribution in [0.3, 0.4) is 0 Å². The van der Waals surface area contributed by atoms with Crippen LogP contribution >= 0.6 is 15.9 Å². The van der Waals surface area contributed by atoms with Crippen molar-refractivity contribution < 1.29 is 9.16 Å². The maximum absolute atomic E-state index is 9.49. The molecule has 3 aromatic carbocycles. The first-order valence-corrected chi connectivity index (χ1v) is 18.3. The summed E-state index contributed by atoms with van der Waals surface area (Å²) in [6, 6.07) is 29.1. The molecular formula is C36H40BrN6O2Si. The first kappa shape index (κ1) is 33.3. The highest BCUT2D eigenvalue weighted by Gasteiger charge is 2.50. The molecule has 1 N–H and O–H groups in total. The molecule has 1 radical (unpaired) electrons. The summed E-state index contributed by atoms with van der Waals surface area (Å²) in [7, 11) is -1.03. The molecule has 0 aliphatic carbocycles. The summed E-state index contributed by atoms with van der Waals surface area (Å²) in [5.74, 6) is 1.34. The number of hydrogen-bond acceptors (Lipinski definition) is 7. The first-order valence-electron chi connectivity index (χ1n) is 15.6. The molecule has 237 valence electrons. The van der Waals surface area contributed by atoms with Crippen LogP contribution in [0.2, 0.25) is 5.04 Å². The monoisotopic (exact) mass is 695 g/mol. The van der Waals surface area contributed by atoms with Gasteiger partial charge in [0.1, 0.15) is 16.8 Å². The van der Waals surface area contributed by atoms with Gasteiger partial charge in [-0.1, -0.05) is 94.8 Å². The van der Waals surface area contributed by atoms with Crippen LogP contribution in [0.25, 0.3) is 11.0 Å². The molecule has 2 heterocycles. The lowest BCUT2D eigenvalue weighted by Crippen LogP contribution is -2.66. The van der Waals surface area contributed by atoms with E-state index in [1.165, 1.54) is 10.4 Å². The molecule has 1 atom stereocenters. The lowest BCUT2D eigenvalue weighted by atomic mass is 10.1. The predicted molar refractivity (Wildman–Crippen MR) is 189 cm³/mol. The quantitative estimate of drug-likeness (QED) is 0.134. The lowest BCUT2D eigenvalue weighted by Gasteiger charge is -2.43. The van der Waals surface area contributed by atoms with Crippen LogP contribution < -0.4 is 20.4 Å². The zero-order valence-corrected chi connectivity index (χ0v) is 29.6. The van der Waals surface area contributed by atoms with Crippen molar-refractivity contribution in [3.05, 3.63) is 101 Å². The van der Waals surface area contributed by atoms with Gasteiger partial charge in [-0.25, -0.2) is 9.97 Å². The van der Waals surface area contributed by atoms with Gasteiger partial charge in [-0.05, 0) is 62.4 Å². The Morgan fingerprint density at radius 1 is 1.00 bits per heavy atom. The van der Waals surface area contributed by atoms with Crippen molar-refractivity contribution in [2.75, 3.05) is 19.0 Å². The minimum absolute atomic E-state index is 0.0910. The van der Waals surface area contributed by atoms with E-state index >= 15 is 0 Å². The standard InChI is InChI=1S/C36H40BrN6O2Si/c1-6-13-28(20-21-45-46(36(2,3)4,29-14-9-7-10-15-29)30-16-11-8-12-17-30)41-35-33-32(39-25-40-35)34(37)42-43(33)24-27-22-26(23-38)18-19-31(27)44-5/h7-12,14-19,22,28H,6,13,20-21,24H2,1-5H3,(H,39,40,41)/t28-/m0/s1. The molecule has 8 nitrogen and oxygen atoms in total. The van der Waals surface area contributed by atoms with E-state index in [0.29, 0.717) is 40.4 Å². The second-order valence-corrected chi connectivity index (χ2v) is 17.4. The number of methoxy groups -OCH3 is 1. The summed E-state index contributed by atoms with van der Waals surface area (Å²) in [5.41, 5.74) is 2.80. The fourth-order valence-corrected chi connectivity index (χ4v) is 11.3. The van der Waals surface area contributed by atoms with Crippen LogP contribution in [0.4, 0.5) is 5.82 Å². The molecular weight excluding hydrogens is 656 g/mol. The smallest absolute Gasteiger partial charge is 0.261 e. The second-order valence-electron chi connectivity index (χ2n) is 12.4. The van der Waals surface area contributed by atoms with Crippen LogP contribution in [-0.4, -0.2) is 47.8 Å². The van der Waals surface area contributed by atoms with Crippen LogP contribution in [0.1, 0.15) is 58.1 Å². The minimum atomic E-state index is -2.66. The summed E-state index contributed by atoms with van der Waals surface area (Å²) in [4.78, 5) is 8.98. The van der Waals surface area contributed by atoms with E-state index in [1.807, 2.05) is 10.7 Å². The van der Waals surface area contributed by atoms with E-state index in [0.717, 1.165) is 30.3 Å². The molecule has 0 unspecified atom stereocenters. The van der Waals surface area contributed by atoms with Gasteiger partial charge in [-0.3, -0.25) is 4.68 Å². The molecule has 0 fully saturated rings. The molecule has 5 aromatic rings. The first-order chi connectivity index (χ1) is 22.2. The summed E-state index contributed by atoms with van der Waals surface area (Å²) in [5, 5.41) is 20.4.